The first-order chi connectivity index (χ1) is 23.2. The molecule has 0 fully saturated rings. The predicted molar refractivity (Wildman–Crippen MR) is 207 cm³/mol. The van der Waals surface area contributed by atoms with Gasteiger partial charge >= 0.3 is 11.9 Å². The molecule has 0 aliphatic carbocycles. The lowest BCUT2D eigenvalue weighted by Crippen LogP contribution is -2.11. The van der Waals surface area contributed by atoms with Gasteiger partial charge in [0.2, 0.25) is 0 Å². The van der Waals surface area contributed by atoms with Crippen molar-refractivity contribution >= 4 is 11.9 Å². The quantitative estimate of drug-likeness (QED) is 0.0372. The zero-order valence-corrected chi connectivity index (χ0v) is 32.5. The fourth-order valence-corrected chi connectivity index (χ4v) is 6.92. The van der Waals surface area contributed by atoms with Crippen molar-refractivity contribution < 1.29 is 14.3 Å². The summed E-state index contributed by atoms with van der Waals surface area (Å²) < 4.78 is 5.04. The Morgan fingerprint density at radius 1 is 0.255 bits per heavy atom. The largest absolute Gasteiger partial charge is 0.393 e. The summed E-state index contributed by atoms with van der Waals surface area (Å²) in [4.78, 5) is 24.0. The van der Waals surface area contributed by atoms with E-state index in [1.165, 1.54) is 218 Å². The Morgan fingerprint density at radius 3 is 0.574 bits per heavy atom. The third-order valence-corrected chi connectivity index (χ3v) is 10.2. The number of hydrogen-bond acceptors (Lipinski definition) is 3. The minimum Gasteiger partial charge on any atom is -0.393 e. The van der Waals surface area contributed by atoms with Gasteiger partial charge in [-0.3, -0.25) is 9.59 Å². The summed E-state index contributed by atoms with van der Waals surface area (Å²) in [7, 11) is 0. The molecule has 3 heteroatoms. The third-order valence-electron chi connectivity index (χ3n) is 10.2. The summed E-state index contributed by atoms with van der Waals surface area (Å²) in [5.74, 6) is -0.641. The molecular weight excluding hydrogens is 576 g/mol. The second-order valence-corrected chi connectivity index (χ2v) is 15.1. The number of carbonyl (C=O) groups is 2. The fraction of sp³-hybridized carbons (Fsp3) is 0.955. The Balaban J connectivity index is 3.24. The van der Waals surface area contributed by atoms with Crippen LogP contribution in [-0.2, 0) is 14.3 Å². The van der Waals surface area contributed by atoms with Crippen molar-refractivity contribution in [1.29, 1.82) is 0 Å². The van der Waals surface area contributed by atoms with Gasteiger partial charge in [0.15, 0.2) is 0 Å². The number of esters is 2. The van der Waals surface area contributed by atoms with E-state index < -0.39 is 0 Å². The molecule has 0 bridgehead atoms. The summed E-state index contributed by atoms with van der Waals surface area (Å²) in [5, 5.41) is 0. The van der Waals surface area contributed by atoms with Crippen molar-refractivity contribution in [2.45, 2.75) is 271 Å². The van der Waals surface area contributed by atoms with E-state index in [9.17, 15) is 9.59 Å². The van der Waals surface area contributed by atoms with Crippen LogP contribution in [0.4, 0.5) is 0 Å². The molecule has 0 heterocycles. The van der Waals surface area contributed by atoms with Gasteiger partial charge in [0.25, 0.3) is 0 Å². The van der Waals surface area contributed by atoms with E-state index >= 15 is 0 Å². The molecule has 0 aromatic rings. The summed E-state index contributed by atoms with van der Waals surface area (Å²) in [6.45, 7) is 4.57. The molecule has 0 saturated heterocycles. The van der Waals surface area contributed by atoms with Gasteiger partial charge < -0.3 is 4.74 Å². The number of hydrogen-bond donors (Lipinski definition) is 0. The second kappa shape index (κ2) is 41.3. The van der Waals surface area contributed by atoms with Crippen LogP contribution in [0.3, 0.4) is 0 Å². The maximum absolute atomic E-state index is 12.0. The minimum atomic E-state index is -0.321. The molecule has 0 aliphatic heterocycles. The molecule has 47 heavy (non-hydrogen) atoms. The summed E-state index contributed by atoms with van der Waals surface area (Å²) in [5.41, 5.74) is 0. The van der Waals surface area contributed by atoms with Gasteiger partial charge in [-0.2, -0.15) is 0 Å². The zero-order chi connectivity index (χ0) is 34.1. The van der Waals surface area contributed by atoms with Crippen LogP contribution in [0.5, 0.6) is 0 Å². The van der Waals surface area contributed by atoms with Gasteiger partial charge in [0.1, 0.15) is 0 Å². The number of unbranched alkanes of at least 4 members (excludes halogenated alkanes) is 36. The highest BCUT2D eigenvalue weighted by molar-refractivity contribution is 5.85. The minimum absolute atomic E-state index is 0.320. The molecule has 3 nitrogen and oxygen atoms in total. The maximum Gasteiger partial charge on any atom is 0.313 e. The molecule has 0 rings (SSSR count). The van der Waals surface area contributed by atoms with E-state index in [-0.39, 0.29) is 11.9 Å². The Morgan fingerprint density at radius 2 is 0.404 bits per heavy atom. The van der Waals surface area contributed by atoms with E-state index in [2.05, 4.69) is 13.8 Å². The molecule has 0 atom stereocenters. The molecular formula is C44H86O3. The first kappa shape index (κ1) is 46.1. The van der Waals surface area contributed by atoms with Gasteiger partial charge in [0.05, 0.1) is 0 Å². The Bertz CT molecular complexity index is 615. The number of ether oxygens (including phenoxy) is 1. The van der Waals surface area contributed by atoms with Gasteiger partial charge in [0, 0.05) is 12.8 Å². The molecule has 0 spiro atoms. The number of carbonyl (C=O) groups excluding carboxylic acids is 2. The molecule has 0 aromatic carbocycles. The topological polar surface area (TPSA) is 43.4 Å². The molecule has 0 aromatic heterocycles. The van der Waals surface area contributed by atoms with Crippen LogP contribution in [0.25, 0.3) is 0 Å². The molecule has 0 radical (unpaired) electrons. The van der Waals surface area contributed by atoms with Crippen molar-refractivity contribution in [2.24, 2.45) is 0 Å². The van der Waals surface area contributed by atoms with Crippen molar-refractivity contribution in [2.75, 3.05) is 0 Å². The van der Waals surface area contributed by atoms with Crippen molar-refractivity contribution in [3.05, 3.63) is 0 Å². The van der Waals surface area contributed by atoms with Crippen LogP contribution in [0, 0.1) is 0 Å². The molecule has 0 amide bonds. The maximum atomic E-state index is 12.0. The van der Waals surface area contributed by atoms with Crippen LogP contribution >= 0.6 is 0 Å². The Kier molecular flexibility index (Phi) is 40.6. The molecule has 0 N–H and O–H groups in total. The van der Waals surface area contributed by atoms with Crippen molar-refractivity contribution in [3.63, 3.8) is 0 Å². The van der Waals surface area contributed by atoms with Crippen molar-refractivity contribution in [1.82, 2.24) is 0 Å². The Hall–Kier alpha value is -0.860. The van der Waals surface area contributed by atoms with Crippen LogP contribution in [0.1, 0.15) is 271 Å². The number of rotatable bonds is 40. The highest BCUT2D eigenvalue weighted by Gasteiger charge is 2.10. The van der Waals surface area contributed by atoms with Gasteiger partial charge in [-0.25, -0.2) is 0 Å². The molecule has 280 valence electrons. The highest BCUT2D eigenvalue weighted by atomic mass is 16.6. The predicted octanol–water partition coefficient (Wildman–Crippen LogP) is 15.7. The van der Waals surface area contributed by atoms with Gasteiger partial charge in [-0.05, 0) is 12.8 Å². The van der Waals surface area contributed by atoms with Crippen LogP contribution in [0.2, 0.25) is 0 Å². The Labute approximate surface area is 296 Å². The van der Waals surface area contributed by atoms with E-state index in [1.807, 2.05) is 0 Å². The normalized spacial score (nSPS) is 11.4. The summed E-state index contributed by atoms with van der Waals surface area (Å²) in [6.07, 6.45) is 51.9. The summed E-state index contributed by atoms with van der Waals surface area (Å²) >= 11 is 0. The average molecular weight is 663 g/mol. The van der Waals surface area contributed by atoms with E-state index in [4.69, 9.17) is 4.74 Å². The first-order valence-electron chi connectivity index (χ1n) is 21.9. The third kappa shape index (κ3) is 41.2. The monoisotopic (exact) mass is 663 g/mol. The second-order valence-electron chi connectivity index (χ2n) is 15.1. The SMILES string of the molecule is CCCCCCCCCCCCCCCCCCCCCCCCCC(=O)OC(=O)CCCCCCCCCCCCCCCCC. The lowest BCUT2D eigenvalue weighted by atomic mass is 10.0. The first-order valence-corrected chi connectivity index (χ1v) is 21.9. The van der Waals surface area contributed by atoms with Gasteiger partial charge in [-0.15, -0.1) is 0 Å². The fourth-order valence-electron chi connectivity index (χ4n) is 6.92. The van der Waals surface area contributed by atoms with Crippen LogP contribution in [0.15, 0.2) is 0 Å². The van der Waals surface area contributed by atoms with Crippen molar-refractivity contribution in [3.8, 4) is 0 Å². The molecule has 0 unspecified atom stereocenters. The van der Waals surface area contributed by atoms with Gasteiger partial charge in [-0.1, -0.05) is 245 Å². The van der Waals surface area contributed by atoms with Crippen LogP contribution < -0.4 is 0 Å². The highest BCUT2D eigenvalue weighted by Crippen LogP contribution is 2.17. The summed E-state index contributed by atoms with van der Waals surface area (Å²) in [6, 6.07) is 0. The molecule has 0 saturated carbocycles. The molecule has 0 aliphatic rings. The van der Waals surface area contributed by atoms with E-state index in [0.29, 0.717) is 12.8 Å². The van der Waals surface area contributed by atoms with Crippen LogP contribution in [-0.4, -0.2) is 11.9 Å². The van der Waals surface area contributed by atoms with E-state index in [0.717, 1.165) is 25.7 Å². The lowest BCUT2D eigenvalue weighted by Gasteiger charge is -2.05. The standard InChI is InChI=1S/C44H86O3/c1-3-5-7-9-11-13-15-17-19-20-21-22-23-24-25-26-28-30-32-34-36-38-40-42-44(46)47-43(45)41-39-37-35-33-31-29-27-18-16-14-12-10-8-6-4-2/h3-42H2,1-2H3. The lowest BCUT2D eigenvalue weighted by molar-refractivity contribution is -0.159. The van der Waals surface area contributed by atoms with E-state index in [1.54, 1.807) is 0 Å². The smallest absolute Gasteiger partial charge is 0.313 e. The zero-order valence-electron chi connectivity index (χ0n) is 32.5. The average Bonchev–Trinajstić information content (AvgIpc) is 3.06.